The summed E-state index contributed by atoms with van der Waals surface area (Å²) in [6, 6.07) is -0.887. The van der Waals surface area contributed by atoms with Crippen LogP contribution in [0.5, 0.6) is 0 Å². The lowest BCUT2D eigenvalue weighted by Gasteiger charge is -2.29. The topological polar surface area (TPSA) is 108 Å². The second-order valence-corrected chi connectivity index (χ2v) is 21.7. The Labute approximate surface area is 409 Å². The Hall–Kier alpha value is -1.54. The monoisotopic (exact) mass is 949 g/mol. The third-order valence-electron chi connectivity index (χ3n) is 12.5. The van der Waals surface area contributed by atoms with Crippen LogP contribution in [0.3, 0.4) is 0 Å². The van der Waals surface area contributed by atoms with Crippen LogP contribution in [0.1, 0.15) is 258 Å². The smallest absolute Gasteiger partial charge is 0.268 e. The van der Waals surface area contributed by atoms with Gasteiger partial charge in [-0.3, -0.25) is 9.36 Å². The molecular weight excluding hydrogens is 840 g/mol. The first kappa shape index (κ1) is 64.5. The molecule has 0 bridgehead atoms. The van der Waals surface area contributed by atoms with Crippen LogP contribution in [0.25, 0.3) is 0 Å². The number of rotatable bonds is 51. The number of carbonyl (C=O) groups excluding carboxylic acids is 1. The molecule has 0 fully saturated rings. The van der Waals surface area contributed by atoms with Crippen molar-refractivity contribution in [2.45, 2.75) is 270 Å². The number of carbonyl (C=O) groups is 1. The van der Waals surface area contributed by atoms with E-state index >= 15 is 0 Å². The van der Waals surface area contributed by atoms with Crippen molar-refractivity contribution in [2.75, 3.05) is 40.9 Å². The molecule has 8 nitrogen and oxygen atoms in total. The Morgan fingerprint density at radius 2 is 0.879 bits per heavy atom. The molecule has 0 aliphatic heterocycles. The highest BCUT2D eigenvalue weighted by Crippen LogP contribution is 2.38. The SMILES string of the molecule is CCCCCCC/C=C\C/C=C\C/C=C\CCCCCCCCCCCCCCCCC(=O)NC(COP(=O)([O-])OCC[N+](C)(C)C)C(O)/C=C/CCCCCCCCCCCCCCC. The first-order valence-electron chi connectivity index (χ1n) is 28.0. The first-order valence-corrected chi connectivity index (χ1v) is 29.5. The van der Waals surface area contributed by atoms with Crippen molar-refractivity contribution in [3.8, 4) is 0 Å². The van der Waals surface area contributed by atoms with Crippen molar-refractivity contribution >= 4 is 13.7 Å². The summed E-state index contributed by atoms with van der Waals surface area (Å²) in [4.78, 5) is 25.4. The number of likely N-dealkylation sites (N-methyl/N-ethyl adjacent to an activating group) is 1. The molecule has 0 spiro atoms. The number of allylic oxidation sites excluding steroid dienone is 7. The van der Waals surface area contributed by atoms with Crippen molar-refractivity contribution in [1.29, 1.82) is 0 Å². The lowest BCUT2D eigenvalue weighted by Crippen LogP contribution is -2.45. The lowest BCUT2D eigenvalue weighted by molar-refractivity contribution is -0.870. The third-order valence-corrected chi connectivity index (χ3v) is 13.5. The molecule has 2 N–H and O–H groups in total. The molecule has 0 rings (SSSR count). The average Bonchev–Trinajstić information content (AvgIpc) is 3.28. The summed E-state index contributed by atoms with van der Waals surface area (Å²) in [5.41, 5.74) is 0. The Balaban J connectivity index is 4.14. The van der Waals surface area contributed by atoms with Crippen LogP contribution in [-0.2, 0) is 18.4 Å². The van der Waals surface area contributed by atoms with Crippen LogP contribution >= 0.6 is 7.82 Å². The molecule has 0 aromatic rings. The predicted molar refractivity (Wildman–Crippen MR) is 284 cm³/mol. The number of hydrogen-bond donors (Lipinski definition) is 2. The largest absolute Gasteiger partial charge is 0.756 e. The summed E-state index contributed by atoms with van der Waals surface area (Å²) in [7, 11) is 1.26. The Kier molecular flexibility index (Phi) is 47.4. The molecule has 0 saturated heterocycles. The molecule has 0 aliphatic rings. The van der Waals surface area contributed by atoms with E-state index in [1.165, 1.54) is 186 Å². The number of nitrogens with one attached hydrogen (secondary N) is 1. The molecule has 66 heavy (non-hydrogen) atoms. The number of aliphatic hydroxyl groups excluding tert-OH is 1. The molecule has 0 aromatic heterocycles. The van der Waals surface area contributed by atoms with E-state index in [-0.39, 0.29) is 19.1 Å². The molecule has 3 unspecified atom stereocenters. The molecule has 0 heterocycles. The van der Waals surface area contributed by atoms with Gasteiger partial charge in [0, 0.05) is 6.42 Å². The third kappa shape index (κ3) is 50.3. The number of quaternary nitrogens is 1. The molecule has 0 aliphatic carbocycles. The Morgan fingerprint density at radius 1 is 0.530 bits per heavy atom. The highest BCUT2D eigenvalue weighted by molar-refractivity contribution is 7.45. The molecule has 0 aromatic carbocycles. The molecule has 0 radical (unpaired) electrons. The van der Waals surface area contributed by atoms with Gasteiger partial charge in [0.25, 0.3) is 7.82 Å². The summed E-state index contributed by atoms with van der Waals surface area (Å²) in [5, 5.41) is 13.9. The summed E-state index contributed by atoms with van der Waals surface area (Å²) < 4.78 is 23.3. The average molecular weight is 949 g/mol. The minimum Gasteiger partial charge on any atom is -0.756 e. The lowest BCUT2D eigenvalue weighted by atomic mass is 10.0. The number of aliphatic hydroxyl groups is 1. The van der Waals surface area contributed by atoms with Crippen molar-refractivity contribution < 1.29 is 32.9 Å². The van der Waals surface area contributed by atoms with Crippen LogP contribution in [-0.4, -0.2) is 68.5 Å². The summed E-state index contributed by atoms with van der Waals surface area (Å²) >= 11 is 0. The maximum absolute atomic E-state index is 12.9. The van der Waals surface area contributed by atoms with E-state index in [1.54, 1.807) is 6.08 Å². The molecule has 1 amide bonds. The van der Waals surface area contributed by atoms with E-state index in [9.17, 15) is 19.4 Å². The van der Waals surface area contributed by atoms with Crippen LogP contribution in [0.15, 0.2) is 48.6 Å². The van der Waals surface area contributed by atoms with E-state index in [4.69, 9.17) is 9.05 Å². The summed E-state index contributed by atoms with van der Waals surface area (Å²) in [6.07, 6.45) is 63.2. The summed E-state index contributed by atoms with van der Waals surface area (Å²) in [6.45, 7) is 4.65. The number of amides is 1. The van der Waals surface area contributed by atoms with Gasteiger partial charge in [-0.05, 0) is 57.8 Å². The molecule has 9 heteroatoms. The zero-order valence-electron chi connectivity index (χ0n) is 44.1. The van der Waals surface area contributed by atoms with E-state index in [1.807, 2.05) is 27.2 Å². The second kappa shape index (κ2) is 48.5. The maximum atomic E-state index is 12.9. The van der Waals surface area contributed by atoms with Crippen molar-refractivity contribution in [2.24, 2.45) is 0 Å². The zero-order chi connectivity index (χ0) is 48.5. The van der Waals surface area contributed by atoms with Gasteiger partial charge in [-0.15, -0.1) is 0 Å². The van der Waals surface area contributed by atoms with Gasteiger partial charge in [0.1, 0.15) is 13.2 Å². The van der Waals surface area contributed by atoms with Crippen LogP contribution in [0.2, 0.25) is 0 Å². The number of unbranched alkanes of at least 4 members (excludes halogenated alkanes) is 32. The van der Waals surface area contributed by atoms with Gasteiger partial charge >= 0.3 is 0 Å². The fraction of sp³-hybridized carbons (Fsp3) is 0.842. The number of hydrogen-bond acceptors (Lipinski definition) is 6. The van der Waals surface area contributed by atoms with Gasteiger partial charge in [0.05, 0.1) is 39.9 Å². The van der Waals surface area contributed by atoms with Gasteiger partial charge in [-0.1, -0.05) is 242 Å². The van der Waals surface area contributed by atoms with Crippen molar-refractivity contribution in [3.05, 3.63) is 48.6 Å². The summed E-state index contributed by atoms with van der Waals surface area (Å²) in [5.74, 6) is -0.197. The normalized spacial score (nSPS) is 14.3. The molecule has 3 atom stereocenters. The maximum Gasteiger partial charge on any atom is 0.268 e. The van der Waals surface area contributed by atoms with Gasteiger partial charge < -0.3 is 28.8 Å². The molecular formula is C57H109N2O6P. The highest BCUT2D eigenvalue weighted by atomic mass is 31.2. The van der Waals surface area contributed by atoms with E-state index in [0.717, 1.165) is 51.4 Å². The van der Waals surface area contributed by atoms with Gasteiger partial charge in [0.2, 0.25) is 5.91 Å². The minimum absolute atomic E-state index is 0.00125. The van der Waals surface area contributed by atoms with Crippen LogP contribution in [0, 0.1) is 0 Å². The number of phosphoric ester groups is 1. The fourth-order valence-electron chi connectivity index (χ4n) is 8.10. The first-order chi connectivity index (χ1) is 32.0. The predicted octanol–water partition coefficient (Wildman–Crippen LogP) is 16.1. The van der Waals surface area contributed by atoms with Crippen molar-refractivity contribution in [3.63, 3.8) is 0 Å². The van der Waals surface area contributed by atoms with Crippen LogP contribution < -0.4 is 10.2 Å². The standard InChI is InChI=1S/C57H109N2O6P/c1-6-8-10-12-14-16-18-20-22-23-24-25-26-27-28-29-30-31-32-33-34-35-37-39-41-43-45-47-49-51-57(61)58-55(54-65-66(62,63)64-53-52-59(3,4)5)56(60)50-48-46-44-42-40-38-36-21-19-17-15-13-11-9-7-2/h18,20,23-24,26-27,48,50,55-56,60H,6-17,19,21-22,25,28-47,49,51-54H2,1-5H3,(H-,58,61,62,63)/b20-18-,24-23-,27-26-,50-48+. The second-order valence-electron chi connectivity index (χ2n) is 20.3. The van der Waals surface area contributed by atoms with Gasteiger partial charge in [-0.2, -0.15) is 0 Å². The minimum atomic E-state index is -4.59. The van der Waals surface area contributed by atoms with Gasteiger partial charge in [0.15, 0.2) is 0 Å². The fourth-order valence-corrected chi connectivity index (χ4v) is 8.83. The van der Waals surface area contributed by atoms with Crippen LogP contribution in [0.4, 0.5) is 0 Å². The number of phosphoric acid groups is 1. The zero-order valence-corrected chi connectivity index (χ0v) is 45.0. The Morgan fingerprint density at radius 3 is 1.27 bits per heavy atom. The van der Waals surface area contributed by atoms with E-state index in [2.05, 4.69) is 55.6 Å². The number of nitrogens with zero attached hydrogens (tertiary/aromatic N) is 1. The quantitative estimate of drug-likeness (QED) is 0.0272. The van der Waals surface area contributed by atoms with Crippen molar-refractivity contribution in [1.82, 2.24) is 5.32 Å². The van der Waals surface area contributed by atoms with E-state index < -0.39 is 20.0 Å². The van der Waals surface area contributed by atoms with E-state index in [0.29, 0.717) is 17.4 Å². The molecule has 388 valence electrons. The molecule has 0 saturated carbocycles. The van der Waals surface area contributed by atoms with Gasteiger partial charge in [-0.25, -0.2) is 0 Å². The highest BCUT2D eigenvalue weighted by Gasteiger charge is 2.23. The Bertz CT molecular complexity index is 1210.